The van der Waals surface area contributed by atoms with Crippen LogP contribution in [-0.2, 0) is 20.9 Å². The van der Waals surface area contributed by atoms with Gasteiger partial charge in [-0.15, -0.1) is 0 Å². The lowest BCUT2D eigenvalue weighted by Crippen LogP contribution is -2.44. The number of anilines is 1. The maximum Gasteiger partial charge on any atom is 0.263 e. The standard InChI is InChI=1S/C20H18ClN5O4/c1-30-15-8-7-13(9-14(15)21)26-19(28)17-18(20(26)29)25(24-23-17)11-16(27)22-10-12-5-3-2-4-6-12/h2-9,17-18H,10-11H2,1H3,(H,22,27)/t17-,18-/m1/s1. The number of carbonyl (C=O) groups excluding carboxylic acids is 3. The van der Waals surface area contributed by atoms with E-state index < -0.39 is 23.9 Å². The number of rotatable bonds is 6. The summed E-state index contributed by atoms with van der Waals surface area (Å²) in [5.74, 6) is -0.921. The zero-order chi connectivity index (χ0) is 21.3. The molecule has 2 aliphatic rings. The zero-order valence-electron chi connectivity index (χ0n) is 16.0. The molecular formula is C20H18ClN5O4. The average Bonchev–Trinajstić information content (AvgIpc) is 3.27. The third-order valence-corrected chi connectivity index (χ3v) is 5.18. The summed E-state index contributed by atoms with van der Waals surface area (Å²) in [5, 5.41) is 12.1. The highest BCUT2D eigenvalue weighted by Gasteiger charge is 2.55. The van der Waals surface area contributed by atoms with Crippen LogP contribution in [0.5, 0.6) is 5.75 Å². The van der Waals surface area contributed by atoms with Gasteiger partial charge in [0.05, 0.1) is 17.8 Å². The predicted octanol–water partition coefficient (Wildman–Crippen LogP) is 1.96. The fourth-order valence-corrected chi connectivity index (χ4v) is 3.65. The number of benzene rings is 2. The van der Waals surface area contributed by atoms with Crippen molar-refractivity contribution >= 4 is 35.0 Å². The van der Waals surface area contributed by atoms with E-state index in [2.05, 4.69) is 15.7 Å². The zero-order valence-corrected chi connectivity index (χ0v) is 16.7. The van der Waals surface area contributed by atoms with Gasteiger partial charge in [0.2, 0.25) is 5.91 Å². The highest BCUT2D eigenvalue weighted by molar-refractivity contribution is 6.33. The van der Waals surface area contributed by atoms with E-state index in [0.29, 0.717) is 18.0 Å². The minimum atomic E-state index is -0.986. The molecule has 0 radical (unpaired) electrons. The van der Waals surface area contributed by atoms with Gasteiger partial charge >= 0.3 is 0 Å². The van der Waals surface area contributed by atoms with Crippen molar-refractivity contribution in [2.24, 2.45) is 10.3 Å². The highest BCUT2D eigenvalue weighted by atomic mass is 35.5. The number of methoxy groups -OCH3 is 1. The molecule has 4 rings (SSSR count). The van der Waals surface area contributed by atoms with E-state index >= 15 is 0 Å². The second-order valence-electron chi connectivity index (χ2n) is 6.79. The Balaban J connectivity index is 1.45. The van der Waals surface area contributed by atoms with Gasteiger partial charge in [-0.05, 0) is 23.8 Å². The molecule has 1 saturated heterocycles. The van der Waals surface area contributed by atoms with Crippen LogP contribution in [0.4, 0.5) is 5.69 Å². The number of carbonyl (C=O) groups is 3. The van der Waals surface area contributed by atoms with Gasteiger partial charge in [-0.25, -0.2) is 4.90 Å². The van der Waals surface area contributed by atoms with Gasteiger partial charge < -0.3 is 10.1 Å². The number of imide groups is 1. The number of hydrogen-bond acceptors (Lipinski definition) is 7. The highest BCUT2D eigenvalue weighted by Crippen LogP contribution is 2.35. The molecule has 0 spiro atoms. The summed E-state index contributed by atoms with van der Waals surface area (Å²) in [5.41, 5.74) is 1.26. The van der Waals surface area contributed by atoms with E-state index in [1.165, 1.54) is 18.2 Å². The third-order valence-electron chi connectivity index (χ3n) is 4.89. The van der Waals surface area contributed by atoms with Crippen LogP contribution in [0.1, 0.15) is 5.56 Å². The number of hydrogen-bond donors (Lipinski definition) is 1. The van der Waals surface area contributed by atoms with Gasteiger partial charge in [-0.1, -0.05) is 47.2 Å². The molecule has 2 heterocycles. The Bertz CT molecular complexity index is 1030. The molecule has 1 fully saturated rings. The number of nitrogens with zero attached hydrogens (tertiary/aromatic N) is 4. The molecule has 0 aromatic heterocycles. The summed E-state index contributed by atoms with van der Waals surface area (Å²) in [6.07, 6.45) is 0. The van der Waals surface area contributed by atoms with Gasteiger partial charge in [0.1, 0.15) is 12.3 Å². The van der Waals surface area contributed by atoms with Crippen LogP contribution in [0.15, 0.2) is 58.9 Å². The minimum absolute atomic E-state index is 0.187. The number of fused-ring (bicyclic) bond motifs is 1. The molecule has 0 unspecified atom stereocenters. The van der Waals surface area contributed by atoms with Crippen LogP contribution < -0.4 is 15.0 Å². The van der Waals surface area contributed by atoms with Crippen LogP contribution in [0.2, 0.25) is 5.02 Å². The van der Waals surface area contributed by atoms with Crippen molar-refractivity contribution in [2.75, 3.05) is 18.6 Å². The molecule has 2 aliphatic heterocycles. The summed E-state index contributed by atoms with van der Waals surface area (Å²) in [6.45, 7) is 0.163. The van der Waals surface area contributed by atoms with E-state index in [0.717, 1.165) is 10.5 Å². The number of nitrogens with one attached hydrogen (secondary N) is 1. The number of ether oxygens (including phenoxy) is 1. The molecule has 2 atom stereocenters. The van der Waals surface area contributed by atoms with Crippen molar-refractivity contribution in [3.8, 4) is 5.75 Å². The molecule has 3 amide bonds. The van der Waals surface area contributed by atoms with Crippen molar-refractivity contribution in [3.05, 3.63) is 59.1 Å². The second kappa shape index (κ2) is 8.11. The first-order valence-electron chi connectivity index (χ1n) is 9.19. The van der Waals surface area contributed by atoms with Gasteiger partial charge in [0.25, 0.3) is 11.8 Å². The van der Waals surface area contributed by atoms with E-state index in [1.54, 1.807) is 12.1 Å². The minimum Gasteiger partial charge on any atom is -0.495 e. The molecule has 154 valence electrons. The Hall–Kier alpha value is -3.46. The Morgan fingerprint density at radius 2 is 1.93 bits per heavy atom. The molecule has 2 aromatic carbocycles. The maximum absolute atomic E-state index is 13.0. The van der Waals surface area contributed by atoms with Crippen LogP contribution in [0, 0.1) is 0 Å². The molecule has 0 bridgehead atoms. The fraction of sp³-hybridized carbons (Fsp3) is 0.250. The Labute approximate surface area is 177 Å². The Morgan fingerprint density at radius 3 is 2.63 bits per heavy atom. The van der Waals surface area contributed by atoms with Crippen molar-refractivity contribution in [1.29, 1.82) is 0 Å². The Kier molecular flexibility index (Phi) is 5.37. The van der Waals surface area contributed by atoms with Crippen molar-refractivity contribution in [1.82, 2.24) is 10.3 Å². The molecule has 30 heavy (non-hydrogen) atoms. The molecule has 0 aliphatic carbocycles. The van der Waals surface area contributed by atoms with E-state index in [4.69, 9.17) is 16.3 Å². The van der Waals surface area contributed by atoms with Crippen LogP contribution in [-0.4, -0.2) is 48.5 Å². The van der Waals surface area contributed by atoms with Crippen molar-refractivity contribution < 1.29 is 19.1 Å². The quantitative estimate of drug-likeness (QED) is 0.710. The summed E-state index contributed by atoms with van der Waals surface area (Å²) in [7, 11) is 1.47. The molecular weight excluding hydrogens is 410 g/mol. The molecule has 10 heteroatoms. The SMILES string of the molecule is COc1ccc(N2C(=O)[C@@H]3N=NN(CC(=O)NCc4ccccc4)[C@H]3C2=O)cc1Cl. The summed E-state index contributed by atoms with van der Waals surface area (Å²) >= 11 is 6.13. The third kappa shape index (κ3) is 3.59. The largest absolute Gasteiger partial charge is 0.495 e. The molecule has 9 nitrogen and oxygen atoms in total. The smallest absolute Gasteiger partial charge is 0.263 e. The molecule has 1 N–H and O–H groups in total. The number of halogens is 1. The summed E-state index contributed by atoms with van der Waals surface area (Å²) in [4.78, 5) is 39.1. The first-order valence-corrected chi connectivity index (χ1v) is 9.57. The fourth-order valence-electron chi connectivity index (χ4n) is 3.40. The number of amides is 3. The monoisotopic (exact) mass is 427 g/mol. The maximum atomic E-state index is 13.0. The van der Waals surface area contributed by atoms with Crippen molar-refractivity contribution in [3.63, 3.8) is 0 Å². The van der Waals surface area contributed by atoms with Crippen LogP contribution in [0.3, 0.4) is 0 Å². The van der Waals surface area contributed by atoms with Gasteiger partial charge in [0, 0.05) is 6.54 Å². The summed E-state index contributed by atoms with van der Waals surface area (Å²) in [6, 6.07) is 12.1. The van der Waals surface area contributed by atoms with E-state index in [1.807, 2.05) is 30.3 Å². The second-order valence-corrected chi connectivity index (χ2v) is 7.19. The van der Waals surface area contributed by atoms with E-state index in [-0.39, 0.29) is 17.5 Å². The lowest BCUT2D eigenvalue weighted by molar-refractivity contribution is -0.125. The van der Waals surface area contributed by atoms with Crippen LogP contribution in [0.25, 0.3) is 0 Å². The predicted molar refractivity (Wildman–Crippen MR) is 108 cm³/mol. The molecule has 2 aromatic rings. The first kappa shape index (κ1) is 19.8. The Morgan fingerprint density at radius 1 is 1.17 bits per heavy atom. The normalized spacial score (nSPS) is 19.9. The lowest BCUT2D eigenvalue weighted by atomic mass is 10.1. The average molecular weight is 428 g/mol. The lowest BCUT2D eigenvalue weighted by Gasteiger charge is -2.20. The van der Waals surface area contributed by atoms with Gasteiger partial charge in [-0.2, -0.15) is 5.11 Å². The first-order chi connectivity index (χ1) is 14.5. The van der Waals surface area contributed by atoms with Crippen molar-refractivity contribution in [2.45, 2.75) is 18.6 Å². The van der Waals surface area contributed by atoms with Gasteiger partial charge in [0.15, 0.2) is 12.1 Å². The summed E-state index contributed by atoms with van der Waals surface area (Å²) < 4.78 is 5.10. The van der Waals surface area contributed by atoms with E-state index in [9.17, 15) is 14.4 Å². The molecule has 0 saturated carbocycles. The topological polar surface area (TPSA) is 104 Å². The van der Waals surface area contributed by atoms with Crippen LogP contribution >= 0.6 is 11.6 Å². The van der Waals surface area contributed by atoms with Gasteiger partial charge in [-0.3, -0.25) is 19.4 Å².